The van der Waals surface area contributed by atoms with Crippen LogP contribution in [0.3, 0.4) is 0 Å². The van der Waals surface area contributed by atoms with Crippen LogP contribution in [0.4, 0.5) is 18.9 Å². The first-order valence-corrected chi connectivity index (χ1v) is 14.2. The summed E-state index contributed by atoms with van der Waals surface area (Å²) in [5.74, 6) is -4.06. The molecular weight excluding hydrogens is 511 g/mol. The number of quaternary nitrogens is 1. The second-order valence-corrected chi connectivity index (χ2v) is 12.0. The van der Waals surface area contributed by atoms with Crippen molar-refractivity contribution in [3.05, 3.63) is 29.8 Å². The Kier molecular flexibility index (Phi) is 11.0. The third-order valence-electron chi connectivity index (χ3n) is 6.45. The molecule has 0 aromatic heterocycles. The first-order valence-electron chi connectivity index (χ1n) is 12.7. The number of ether oxygens (including phenoxy) is 1. The molecule has 0 spiro atoms. The number of likely N-dealkylation sites (tertiary alicyclic amines) is 1. The average Bonchev–Trinajstić information content (AvgIpc) is 2.74. The molecule has 1 aromatic rings. The summed E-state index contributed by atoms with van der Waals surface area (Å²) in [6.45, 7) is 2.99. The molecule has 12 heteroatoms. The zero-order valence-corrected chi connectivity index (χ0v) is 22.6. The van der Waals surface area contributed by atoms with E-state index in [0.717, 1.165) is 24.8 Å². The zero-order chi connectivity index (χ0) is 27.7. The monoisotopic (exact) mass is 550 g/mol. The van der Waals surface area contributed by atoms with E-state index >= 15 is 0 Å². The number of esters is 2. The van der Waals surface area contributed by atoms with E-state index < -0.39 is 40.3 Å². The van der Waals surface area contributed by atoms with Gasteiger partial charge in [-0.1, -0.05) is 51.2 Å². The number of halogens is 3. The second kappa shape index (κ2) is 13.1. The van der Waals surface area contributed by atoms with Gasteiger partial charge in [-0.25, -0.2) is 4.79 Å². The Balaban J connectivity index is 2.05. The van der Waals surface area contributed by atoms with Crippen LogP contribution in [0.1, 0.15) is 70.3 Å². The van der Waals surface area contributed by atoms with Gasteiger partial charge in [0.05, 0.1) is 39.1 Å². The van der Waals surface area contributed by atoms with E-state index in [-0.39, 0.29) is 13.0 Å². The third-order valence-corrected chi connectivity index (χ3v) is 7.65. The van der Waals surface area contributed by atoms with Crippen molar-refractivity contribution in [2.75, 3.05) is 31.9 Å². The highest BCUT2D eigenvalue weighted by Gasteiger charge is 2.48. The van der Waals surface area contributed by atoms with E-state index in [1.54, 1.807) is 12.1 Å². The number of nitrogens with one attached hydrogen (secondary N) is 2. The van der Waals surface area contributed by atoms with Gasteiger partial charge in [-0.15, -0.1) is 0 Å². The van der Waals surface area contributed by atoms with Crippen LogP contribution in [0.15, 0.2) is 24.3 Å². The molecule has 0 aliphatic carbocycles. The largest absolute Gasteiger partial charge is 0.491 e. The van der Waals surface area contributed by atoms with Crippen molar-refractivity contribution < 1.29 is 40.4 Å². The summed E-state index contributed by atoms with van der Waals surface area (Å²) < 4.78 is 72.8. The SMILES string of the molecule is CCCCCCCCc1ccc(NS(=O)(=O)NC2(CC(=O)OC(=O)C(F)(F)F)CCC[N+](C)(C)C2)cc1. The molecule has 0 amide bonds. The molecule has 1 saturated heterocycles. The van der Waals surface area contributed by atoms with Crippen molar-refractivity contribution in [2.24, 2.45) is 0 Å². The zero-order valence-electron chi connectivity index (χ0n) is 21.8. The fourth-order valence-electron chi connectivity index (χ4n) is 4.87. The van der Waals surface area contributed by atoms with Crippen molar-refractivity contribution in [3.63, 3.8) is 0 Å². The molecule has 1 unspecified atom stereocenters. The van der Waals surface area contributed by atoms with Gasteiger partial charge in [-0.05, 0) is 43.4 Å². The Hall–Kier alpha value is -2.18. The highest BCUT2D eigenvalue weighted by Crippen LogP contribution is 2.30. The standard InChI is InChI=1S/C25H39F3N3O5S/c1-4-5-6-7-8-9-11-20-12-14-21(15-13-20)29-37(34,35)30-24(16-10-17-31(2,3)19-24)18-22(32)36-23(33)25(26,27)28/h12-15,29-30H,4-11,16-19H2,1-3H3/q+1. The quantitative estimate of drug-likeness (QED) is 0.163. The number of carbonyl (C=O) groups is 2. The number of alkyl halides is 3. The second-order valence-electron chi connectivity index (χ2n) is 10.6. The van der Waals surface area contributed by atoms with Gasteiger partial charge in [0, 0.05) is 5.69 Å². The summed E-state index contributed by atoms with van der Waals surface area (Å²) in [7, 11) is -0.565. The van der Waals surface area contributed by atoms with Crippen molar-refractivity contribution in [1.82, 2.24) is 4.72 Å². The molecule has 8 nitrogen and oxygen atoms in total. The molecule has 1 aromatic carbocycles. The predicted molar refractivity (Wildman–Crippen MR) is 135 cm³/mol. The molecule has 2 rings (SSSR count). The Bertz CT molecular complexity index is 1010. The van der Waals surface area contributed by atoms with Gasteiger partial charge in [0.2, 0.25) is 0 Å². The highest BCUT2D eigenvalue weighted by atomic mass is 32.2. The number of anilines is 1. The fraction of sp³-hybridized carbons (Fsp3) is 0.680. The molecule has 0 saturated carbocycles. The minimum Gasteiger partial charge on any atom is -0.386 e. The summed E-state index contributed by atoms with van der Waals surface area (Å²) in [5.41, 5.74) is -0.0196. The molecule has 1 aliphatic heterocycles. The first kappa shape index (κ1) is 31.0. The molecular formula is C25H39F3N3O5S+. The van der Waals surface area contributed by atoms with E-state index in [1.807, 2.05) is 26.2 Å². The van der Waals surface area contributed by atoms with E-state index in [9.17, 15) is 31.2 Å². The molecule has 1 heterocycles. The Morgan fingerprint density at radius 1 is 1.05 bits per heavy atom. The predicted octanol–water partition coefficient (Wildman–Crippen LogP) is 4.47. The third kappa shape index (κ3) is 11.0. The molecule has 37 heavy (non-hydrogen) atoms. The molecule has 0 bridgehead atoms. The van der Waals surface area contributed by atoms with Crippen LogP contribution in [0.25, 0.3) is 0 Å². The molecule has 1 atom stereocenters. The van der Waals surface area contributed by atoms with Crippen molar-refractivity contribution >= 4 is 27.8 Å². The van der Waals surface area contributed by atoms with E-state index in [4.69, 9.17) is 0 Å². The number of rotatable bonds is 13. The summed E-state index contributed by atoms with van der Waals surface area (Å²) in [5, 5.41) is 0. The van der Waals surface area contributed by atoms with Crippen LogP contribution < -0.4 is 9.44 Å². The van der Waals surface area contributed by atoms with E-state index in [0.29, 0.717) is 23.1 Å². The van der Waals surface area contributed by atoms with E-state index in [1.165, 1.54) is 25.7 Å². The van der Waals surface area contributed by atoms with Gasteiger partial charge in [0.15, 0.2) is 0 Å². The van der Waals surface area contributed by atoms with Gasteiger partial charge >= 0.3 is 18.1 Å². The maximum atomic E-state index is 13.0. The number of piperidine rings is 1. The summed E-state index contributed by atoms with van der Waals surface area (Å²) in [6, 6.07) is 6.99. The van der Waals surface area contributed by atoms with Crippen LogP contribution in [0.2, 0.25) is 0 Å². The molecule has 210 valence electrons. The van der Waals surface area contributed by atoms with Crippen molar-refractivity contribution in [3.8, 4) is 0 Å². The fourth-order valence-corrected chi connectivity index (χ4v) is 6.18. The topological polar surface area (TPSA) is 102 Å². The molecule has 1 fully saturated rings. The number of benzene rings is 1. The lowest BCUT2D eigenvalue weighted by molar-refractivity contribution is -0.899. The number of hydrogen-bond donors (Lipinski definition) is 2. The Morgan fingerprint density at radius 2 is 1.68 bits per heavy atom. The van der Waals surface area contributed by atoms with Crippen LogP contribution in [-0.2, 0) is 31.0 Å². The Morgan fingerprint density at radius 3 is 2.27 bits per heavy atom. The lowest BCUT2D eigenvalue weighted by Crippen LogP contribution is -2.64. The molecule has 0 radical (unpaired) electrons. The van der Waals surface area contributed by atoms with Gasteiger partial charge < -0.3 is 9.22 Å². The van der Waals surface area contributed by atoms with Crippen LogP contribution in [0.5, 0.6) is 0 Å². The maximum Gasteiger partial charge on any atom is 0.491 e. The van der Waals surface area contributed by atoms with Crippen molar-refractivity contribution in [1.29, 1.82) is 0 Å². The molecule has 2 N–H and O–H groups in total. The van der Waals surface area contributed by atoms with Gasteiger partial charge in [0.1, 0.15) is 0 Å². The van der Waals surface area contributed by atoms with Gasteiger partial charge in [-0.2, -0.15) is 26.3 Å². The maximum absolute atomic E-state index is 13.0. The minimum absolute atomic E-state index is 0.125. The van der Waals surface area contributed by atoms with Crippen molar-refractivity contribution in [2.45, 2.75) is 82.8 Å². The summed E-state index contributed by atoms with van der Waals surface area (Å²) >= 11 is 0. The van der Waals surface area contributed by atoms with Crippen LogP contribution in [0, 0.1) is 0 Å². The lowest BCUT2D eigenvalue weighted by Gasteiger charge is -2.45. The van der Waals surface area contributed by atoms with Gasteiger partial charge in [0.25, 0.3) is 10.2 Å². The first-order chi connectivity index (χ1) is 17.2. The molecule has 1 aliphatic rings. The number of aryl methyl sites for hydroxylation is 1. The number of likely N-dealkylation sites (N-methyl/N-ethyl adjacent to an activating group) is 1. The normalized spacial score (nSPS) is 19.8. The lowest BCUT2D eigenvalue weighted by atomic mass is 9.86. The van der Waals surface area contributed by atoms with E-state index in [2.05, 4.69) is 21.1 Å². The van der Waals surface area contributed by atoms with Crippen LogP contribution >= 0.6 is 0 Å². The number of unbranched alkanes of at least 4 members (excludes halogenated alkanes) is 5. The Labute approximate surface area is 217 Å². The van der Waals surface area contributed by atoms with Gasteiger partial charge in [-0.3, -0.25) is 9.52 Å². The minimum atomic E-state index is -5.33. The van der Waals surface area contributed by atoms with Crippen LogP contribution in [-0.4, -0.2) is 63.7 Å². The highest BCUT2D eigenvalue weighted by molar-refractivity contribution is 7.90. The summed E-state index contributed by atoms with van der Waals surface area (Å²) in [6.07, 6.45) is 2.65. The summed E-state index contributed by atoms with van der Waals surface area (Å²) in [4.78, 5) is 23.3. The smallest absolute Gasteiger partial charge is 0.386 e. The number of hydrogen-bond acceptors (Lipinski definition) is 5. The average molecular weight is 551 g/mol. The number of carbonyl (C=O) groups excluding carboxylic acids is 2. The number of nitrogens with zero attached hydrogens (tertiary/aromatic N) is 1.